The zero-order valence-corrected chi connectivity index (χ0v) is 9.31. The van der Waals surface area contributed by atoms with Crippen LogP contribution in [0.3, 0.4) is 0 Å². The molecule has 0 aliphatic heterocycles. The van der Waals surface area contributed by atoms with Crippen LogP contribution in [0.1, 0.15) is 30.4 Å². The Morgan fingerprint density at radius 2 is 2.08 bits per heavy atom. The standard InChI is InChI=1S/C10H15NOS/c1-10(2,3)11(4)9(12)8-6-5-7-13-8/h5-7H,1-4H3. The summed E-state index contributed by atoms with van der Waals surface area (Å²) in [5.74, 6) is 0.0995. The van der Waals surface area contributed by atoms with Gasteiger partial charge in [0.1, 0.15) is 0 Å². The Kier molecular flexibility index (Phi) is 2.76. The number of carbonyl (C=O) groups is 1. The lowest BCUT2D eigenvalue weighted by Gasteiger charge is -2.31. The van der Waals surface area contributed by atoms with E-state index in [1.807, 2.05) is 45.3 Å². The van der Waals surface area contributed by atoms with Crippen molar-refractivity contribution in [3.63, 3.8) is 0 Å². The molecule has 72 valence electrons. The van der Waals surface area contributed by atoms with Crippen molar-refractivity contribution in [3.8, 4) is 0 Å². The normalized spacial score (nSPS) is 11.4. The molecule has 1 rings (SSSR count). The molecule has 0 saturated carbocycles. The minimum Gasteiger partial charge on any atom is -0.336 e. The van der Waals surface area contributed by atoms with E-state index in [1.54, 1.807) is 4.90 Å². The third-order valence-electron chi connectivity index (χ3n) is 2.04. The van der Waals surface area contributed by atoms with Crippen LogP contribution in [-0.2, 0) is 0 Å². The summed E-state index contributed by atoms with van der Waals surface area (Å²) in [6.07, 6.45) is 0. The topological polar surface area (TPSA) is 20.3 Å². The highest BCUT2D eigenvalue weighted by molar-refractivity contribution is 7.12. The van der Waals surface area contributed by atoms with Crippen LogP contribution in [-0.4, -0.2) is 23.4 Å². The maximum atomic E-state index is 11.8. The molecular formula is C10H15NOS. The van der Waals surface area contributed by atoms with Crippen molar-refractivity contribution in [2.45, 2.75) is 26.3 Å². The van der Waals surface area contributed by atoms with Crippen molar-refractivity contribution in [1.29, 1.82) is 0 Å². The van der Waals surface area contributed by atoms with E-state index in [-0.39, 0.29) is 11.4 Å². The summed E-state index contributed by atoms with van der Waals surface area (Å²) in [7, 11) is 1.84. The third-order valence-corrected chi connectivity index (χ3v) is 2.90. The first kappa shape index (κ1) is 10.3. The summed E-state index contributed by atoms with van der Waals surface area (Å²) in [6.45, 7) is 6.08. The first-order valence-corrected chi connectivity index (χ1v) is 5.12. The number of rotatable bonds is 1. The van der Waals surface area contributed by atoms with Gasteiger partial charge in [0.05, 0.1) is 4.88 Å². The molecule has 0 aromatic carbocycles. The van der Waals surface area contributed by atoms with E-state index < -0.39 is 0 Å². The molecule has 0 N–H and O–H groups in total. The average Bonchev–Trinajstić information content (AvgIpc) is 2.51. The number of nitrogens with zero attached hydrogens (tertiary/aromatic N) is 1. The Hall–Kier alpha value is -0.830. The minimum absolute atomic E-state index is 0.0995. The predicted molar refractivity (Wildman–Crippen MR) is 56.2 cm³/mol. The Morgan fingerprint density at radius 1 is 1.46 bits per heavy atom. The largest absolute Gasteiger partial charge is 0.336 e. The highest BCUT2D eigenvalue weighted by atomic mass is 32.1. The molecule has 3 heteroatoms. The minimum atomic E-state index is -0.110. The van der Waals surface area contributed by atoms with Crippen molar-refractivity contribution in [2.24, 2.45) is 0 Å². The van der Waals surface area contributed by atoms with E-state index in [9.17, 15) is 4.79 Å². The lowest BCUT2D eigenvalue weighted by molar-refractivity contribution is 0.0661. The lowest BCUT2D eigenvalue weighted by atomic mass is 10.1. The molecule has 0 spiro atoms. The number of thiophene rings is 1. The number of hydrogen-bond acceptors (Lipinski definition) is 2. The number of hydrogen-bond donors (Lipinski definition) is 0. The van der Waals surface area contributed by atoms with Crippen LogP contribution in [0.15, 0.2) is 17.5 Å². The first-order valence-electron chi connectivity index (χ1n) is 4.24. The maximum absolute atomic E-state index is 11.8. The average molecular weight is 197 g/mol. The molecule has 0 fully saturated rings. The summed E-state index contributed by atoms with van der Waals surface area (Å²) >= 11 is 1.48. The first-order chi connectivity index (χ1) is 5.93. The number of carbonyl (C=O) groups excluding carboxylic acids is 1. The molecule has 0 aliphatic rings. The second kappa shape index (κ2) is 3.50. The van der Waals surface area contributed by atoms with Gasteiger partial charge in [-0.1, -0.05) is 6.07 Å². The van der Waals surface area contributed by atoms with Crippen molar-refractivity contribution in [2.75, 3.05) is 7.05 Å². The van der Waals surface area contributed by atoms with E-state index in [0.717, 1.165) is 4.88 Å². The van der Waals surface area contributed by atoms with Crippen molar-refractivity contribution >= 4 is 17.2 Å². The lowest BCUT2D eigenvalue weighted by Crippen LogP contribution is -2.42. The molecule has 0 atom stereocenters. The van der Waals surface area contributed by atoms with Gasteiger partial charge < -0.3 is 4.90 Å². The van der Waals surface area contributed by atoms with Gasteiger partial charge in [-0.25, -0.2) is 0 Å². The SMILES string of the molecule is CN(C(=O)c1cccs1)C(C)(C)C. The third kappa shape index (κ3) is 2.31. The molecule has 2 nitrogen and oxygen atoms in total. The second-order valence-electron chi connectivity index (χ2n) is 4.01. The van der Waals surface area contributed by atoms with Gasteiger partial charge in [0, 0.05) is 12.6 Å². The second-order valence-corrected chi connectivity index (χ2v) is 4.96. The van der Waals surface area contributed by atoms with Gasteiger partial charge in [0.25, 0.3) is 5.91 Å². The fourth-order valence-corrected chi connectivity index (χ4v) is 1.57. The molecule has 0 saturated heterocycles. The molecule has 1 aromatic rings. The zero-order valence-electron chi connectivity index (χ0n) is 8.50. The van der Waals surface area contributed by atoms with E-state index in [0.29, 0.717) is 0 Å². The van der Waals surface area contributed by atoms with Gasteiger partial charge in [0.15, 0.2) is 0 Å². The summed E-state index contributed by atoms with van der Waals surface area (Å²) in [4.78, 5) is 14.4. The molecule has 1 aromatic heterocycles. The fraction of sp³-hybridized carbons (Fsp3) is 0.500. The van der Waals surface area contributed by atoms with Crippen molar-refractivity contribution in [1.82, 2.24) is 4.90 Å². The van der Waals surface area contributed by atoms with E-state index in [2.05, 4.69) is 0 Å². The van der Waals surface area contributed by atoms with Crippen LogP contribution in [0.2, 0.25) is 0 Å². The molecule has 13 heavy (non-hydrogen) atoms. The Balaban J connectivity index is 2.81. The van der Waals surface area contributed by atoms with Gasteiger partial charge in [-0.2, -0.15) is 0 Å². The highest BCUT2D eigenvalue weighted by Crippen LogP contribution is 2.17. The Labute approximate surface area is 83.2 Å². The van der Waals surface area contributed by atoms with Gasteiger partial charge in [-0.3, -0.25) is 4.79 Å². The van der Waals surface area contributed by atoms with Crippen molar-refractivity contribution in [3.05, 3.63) is 22.4 Å². The van der Waals surface area contributed by atoms with Crippen molar-refractivity contribution < 1.29 is 4.79 Å². The summed E-state index contributed by atoms with van der Waals surface area (Å²) in [5.41, 5.74) is -0.110. The van der Waals surface area contributed by atoms with Gasteiger partial charge in [-0.15, -0.1) is 11.3 Å². The molecule has 1 amide bonds. The molecule has 0 radical (unpaired) electrons. The zero-order chi connectivity index (χ0) is 10.1. The van der Waals surface area contributed by atoms with E-state index in [4.69, 9.17) is 0 Å². The summed E-state index contributed by atoms with van der Waals surface area (Å²) in [6, 6.07) is 3.75. The van der Waals surface area contributed by atoms with Crippen LogP contribution in [0, 0.1) is 0 Å². The molecule has 0 bridgehead atoms. The summed E-state index contributed by atoms with van der Waals surface area (Å²) in [5, 5.41) is 1.92. The predicted octanol–water partition coefficient (Wildman–Crippen LogP) is 2.62. The van der Waals surface area contributed by atoms with Gasteiger partial charge in [0.2, 0.25) is 0 Å². The highest BCUT2D eigenvalue weighted by Gasteiger charge is 2.23. The van der Waals surface area contributed by atoms with Crippen LogP contribution < -0.4 is 0 Å². The quantitative estimate of drug-likeness (QED) is 0.677. The number of amides is 1. The molecule has 0 aliphatic carbocycles. The monoisotopic (exact) mass is 197 g/mol. The summed E-state index contributed by atoms with van der Waals surface area (Å²) < 4.78 is 0. The smallest absolute Gasteiger partial charge is 0.264 e. The van der Waals surface area contributed by atoms with Crippen LogP contribution in [0.5, 0.6) is 0 Å². The Morgan fingerprint density at radius 3 is 2.46 bits per heavy atom. The van der Waals surface area contributed by atoms with E-state index in [1.165, 1.54) is 11.3 Å². The van der Waals surface area contributed by atoms with Crippen LogP contribution in [0.25, 0.3) is 0 Å². The maximum Gasteiger partial charge on any atom is 0.264 e. The van der Waals surface area contributed by atoms with Crippen LogP contribution in [0.4, 0.5) is 0 Å². The molecule has 1 heterocycles. The molecular weight excluding hydrogens is 182 g/mol. The molecule has 0 unspecified atom stereocenters. The van der Waals surface area contributed by atoms with E-state index >= 15 is 0 Å². The van der Waals surface area contributed by atoms with Gasteiger partial charge in [-0.05, 0) is 32.2 Å². The fourth-order valence-electron chi connectivity index (χ4n) is 0.870. The Bertz CT molecular complexity index is 284. The van der Waals surface area contributed by atoms with Crippen LogP contribution >= 0.6 is 11.3 Å². The van der Waals surface area contributed by atoms with Gasteiger partial charge >= 0.3 is 0 Å².